The molecule has 0 fully saturated rings. The van der Waals surface area contributed by atoms with Crippen LogP contribution in [0.15, 0.2) is 72.8 Å². The highest BCUT2D eigenvalue weighted by molar-refractivity contribution is 6.04. The molecule has 0 aliphatic heterocycles. The number of hydrogen-bond acceptors (Lipinski definition) is 3. The lowest BCUT2D eigenvalue weighted by atomic mass is 10.1. The molecule has 3 rings (SSSR count). The molecule has 0 bridgehead atoms. The van der Waals surface area contributed by atoms with Crippen molar-refractivity contribution in [3.63, 3.8) is 0 Å². The summed E-state index contributed by atoms with van der Waals surface area (Å²) in [5.41, 5.74) is 4.32. The van der Waals surface area contributed by atoms with Crippen LogP contribution >= 0.6 is 0 Å². The van der Waals surface area contributed by atoms with Crippen molar-refractivity contribution in [2.45, 2.75) is 13.8 Å². The Hall–Kier alpha value is -3.93. The molecule has 3 amide bonds. The summed E-state index contributed by atoms with van der Waals surface area (Å²) in [6.45, 7) is 3.76. The first-order valence-corrected chi connectivity index (χ1v) is 9.55. The third-order valence-corrected chi connectivity index (χ3v) is 4.73. The van der Waals surface area contributed by atoms with Crippen LogP contribution in [-0.2, 0) is 4.79 Å². The molecule has 3 aromatic carbocycles. The maximum absolute atomic E-state index is 12.3. The van der Waals surface area contributed by atoms with E-state index in [0.29, 0.717) is 16.8 Å². The summed E-state index contributed by atoms with van der Waals surface area (Å²) < 4.78 is 0. The van der Waals surface area contributed by atoms with E-state index >= 15 is 0 Å². The number of carbonyl (C=O) groups excluding carboxylic acids is 3. The van der Waals surface area contributed by atoms with Crippen LogP contribution in [-0.4, -0.2) is 24.3 Å². The van der Waals surface area contributed by atoms with E-state index < -0.39 is 0 Å². The lowest BCUT2D eigenvalue weighted by molar-refractivity contribution is -0.115. The average Bonchev–Trinajstić information content (AvgIpc) is 2.76. The number of amides is 3. The minimum Gasteiger partial charge on any atom is -0.343 e. The van der Waals surface area contributed by atoms with Crippen molar-refractivity contribution in [3.05, 3.63) is 95.1 Å². The summed E-state index contributed by atoms with van der Waals surface area (Å²) in [5.74, 6) is -0.897. The summed E-state index contributed by atoms with van der Waals surface area (Å²) in [7, 11) is 0. The van der Waals surface area contributed by atoms with Gasteiger partial charge in [-0.05, 0) is 67.4 Å². The molecule has 3 aromatic rings. The largest absolute Gasteiger partial charge is 0.343 e. The smallest absolute Gasteiger partial charge is 0.255 e. The lowest BCUT2D eigenvalue weighted by Gasteiger charge is -2.11. The zero-order valence-corrected chi connectivity index (χ0v) is 16.9. The molecule has 6 heteroatoms. The molecular formula is C24H23N3O3. The van der Waals surface area contributed by atoms with Gasteiger partial charge in [0, 0.05) is 22.5 Å². The fourth-order valence-electron chi connectivity index (χ4n) is 2.84. The zero-order valence-electron chi connectivity index (χ0n) is 16.9. The maximum atomic E-state index is 12.3. The van der Waals surface area contributed by atoms with Crippen molar-refractivity contribution in [1.82, 2.24) is 5.32 Å². The molecule has 30 heavy (non-hydrogen) atoms. The third-order valence-electron chi connectivity index (χ3n) is 4.73. The van der Waals surface area contributed by atoms with E-state index in [-0.39, 0.29) is 24.3 Å². The summed E-state index contributed by atoms with van der Waals surface area (Å²) >= 11 is 0. The predicted octanol–water partition coefficient (Wildman–Crippen LogP) is 3.92. The molecule has 0 atom stereocenters. The normalized spacial score (nSPS) is 10.2. The van der Waals surface area contributed by atoms with E-state index in [2.05, 4.69) is 16.0 Å². The highest BCUT2D eigenvalue weighted by Gasteiger charge is 2.11. The Balaban J connectivity index is 1.52. The van der Waals surface area contributed by atoms with Crippen LogP contribution in [0, 0.1) is 13.8 Å². The average molecular weight is 401 g/mol. The van der Waals surface area contributed by atoms with E-state index in [1.807, 2.05) is 38.1 Å². The number of hydrogen-bond donors (Lipinski definition) is 3. The van der Waals surface area contributed by atoms with E-state index in [1.165, 1.54) is 0 Å². The molecule has 0 saturated heterocycles. The molecule has 3 N–H and O–H groups in total. The number of benzene rings is 3. The van der Waals surface area contributed by atoms with E-state index in [9.17, 15) is 14.4 Å². The molecule has 0 aliphatic carbocycles. The van der Waals surface area contributed by atoms with Gasteiger partial charge in [0.1, 0.15) is 0 Å². The molecule has 0 unspecified atom stereocenters. The predicted molar refractivity (Wildman–Crippen MR) is 118 cm³/mol. The van der Waals surface area contributed by atoms with Crippen LogP contribution in [0.25, 0.3) is 0 Å². The maximum Gasteiger partial charge on any atom is 0.255 e. The Morgan fingerprint density at radius 1 is 0.700 bits per heavy atom. The Morgan fingerprint density at radius 2 is 1.37 bits per heavy atom. The van der Waals surface area contributed by atoms with Gasteiger partial charge in [0.25, 0.3) is 11.8 Å². The highest BCUT2D eigenvalue weighted by atomic mass is 16.2. The quantitative estimate of drug-likeness (QED) is 0.585. The van der Waals surface area contributed by atoms with Crippen molar-refractivity contribution in [2.75, 3.05) is 17.2 Å². The van der Waals surface area contributed by atoms with Gasteiger partial charge < -0.3 is 16.0 Å². The number of aryl methyl sites for hydroxylation is 1. The van der Waals surface area contributed by atoms with Crippen molar-refractivity contribution in [1.29, 1.82) is 0 Å². The van der Waals surface area contributed by atoms with Crippen molar-refractivity contribution in [2.24, 2.45) is 0 Å². The molecule has 152 valence electrons. The van der Waals surface area contributed by atoms with Crippen LogP contribution in [0.3, 0.4) is 0 Å². The molecule has 0 spiro atoms. The minimum absolute atomic E-state index is 0.140. The van der Waals surface area contributed by atoms with Crippen molar-refractivity contribution < 1.29 is 14.4 Å². The summed E-state index contributed by atoms with van der Waals surface area (Å²) in [5, 5.41) is 8.18. The van der Waals surface area contributed by atoms with Gasteiger partial charge in [-0.2, -0.15) is 0 Å². The van der Waals surface area contributed by atoms with Crippen molar-refractivity contribution >= 4 is 29.1 Å². The van der Waals surface area contributed by atoms with Crippen LogP contribution in [0.2, 0.25) is 0 Å². The molecule has 6 nitrogen and oxygen atoms in total. The molecule has 0 aromatic heterocycles. The zero-order chi connectivity index (χ0) is 21.5. The van der Waals surface area contributed by atoms with Crippen molar-refractivity contribution in [3.8, 4) is 0 Å². The molecule has 0 saturated carbocycles. The third kappa shape index (κ3) is 5.32. The van der Waals surface area contributed by atoms with Gasteiger partial charge in [-0.25, -0.2) is 0 Å². The monoisotopic (exact) mass is 401 g/mol. The van der Waals surface area contributed by atoms with Gasteiger partial charge in [-0.15, -0.1) is 0 Å². The molecule has 0 aliphatic rings. The van der Waals surface area contributed by atoms with Crippen LogP contribution in [0.5, 0.6) is 0 Å². The topological polar surface area (TPSA) is 87.3 Å². The van der Waals surface area contributed by atoms with E-state index in [4.69, 9.17) is 0 Å². The van der Waals surface area contributed by atoms with E-state index in [1.54, 1.807) is 48.5 Å². The number of anilines is 2. The van der Waals surface area contributed by atoms with Gasteiger partial charge in [-0.3, -0.25) is 14.4 Å². The lowest BCUT2D eigenvalue weighted by Crippen LogP contribution is -2.33. The van der Waals surface area contributed by atoms with Crippen LogP contribution < -0.4 is 16.0 Å². The second kappa shape index (κ2) is 9.52. The molecule has 0 radical (unpaired) electrons. The van der Waals surface area contributed by atoms with Crippen LogP contribution in [0.1, 0.15) is 31.8 Å². The highest BCUT2D eigenvalue weighted by Crippen LogP contribution is 2.17. The standard InChI is InChI=1S/C24H23N3O3/c1-16-7-6-10-21(17(16)2)27-22(28)15-25-23(29)19-11-13-20(14-12-19)26-24(30)18-8-4-3-5-9-18/h3-14H,15H2,1-2H3,(H,25,29)(H,26,30)(H,27,28). The second-order valence-electron chi connectivity index (χ2n) is 6.88. The Kier molecular flexibility index (Phi) is 6.60. The van der Waals surface area contributed by atoms with Gasteiger partial charge >= 0.3 is 0 Å². The molecule has 0 heterocycles. The first kappa shape index (κ1) is 20.8. The summed E-state index contributed by atoms with van der Waals surface area (Å²) in [6.07, 6.45) is 0. The van der Waals surface area contributed by atoms with Gasteiger partial charge in [0.2, 0.25) is 5.91 Å². The van der Waals surface area contributed by atoms with Gasteiger partial charge in [0.15, 0.2) is 0 Å². The SMILES string of the molecule is Cc1cccc(NC(=O)CNC(=O)c2ccc(NC(=O)c3ccccc3)cc2)c1C. The summed E-state index contributed by atoms with van der Waals surface area (Å²) in [4.78, 5) is 36.6. The number of rotatable bonds is 6. The Bertz CT molecular complexity index is 1060. The molecular weight excluding hydrogens is 378 g/mol. The summed E-state index contributed by atoms with van der Waals surface area (Å²) in [6, 6.07) is 21.0. The van der Waals surface area contributed by atoms with E-state index in [0.717, 1.165) is 16.8 Å². The van der Waals surface area contributed by atoms with Gasteiger partial charge in [0.05, 0.1) is 6.54 Å². The Labute approximate surface area is 175 Å². The fraction of sp³-hybridized carbons (Fsp3) is 0.125. The Morgan fingerprint density at radius 3 is 2.07 bits per heavy atom. The van der Waals surface area contributed by atoms with Gasteiger partial charge in [-0.1, -0.05) is 30.3 Å². The first-order valence-electron chi connectivity index (χ1n) is 9.55. The number of carbonyl (C=O) groups is 3. The second-order valence-corrected chi connectivity index (χ2v) is 6.88. The first-order chi connectivity index (χ1) is 14.4. The van der Waals surface area contributed by atoms with Crippen LogP contribution in [0.4, 0.5) is 11.4 Å². The number of nitrogens with one attached hydrogen (secondary N) is 3. The fourth-order valence-corrected chi connectivity index (χ4v) is 2.84. The minimum atomic E-state index is -0.368.